The first-order valence-corrected chi connectivity index (χ1v) is 7.97. The van der Waals surface area contributed by atoms with Gasteiger partial charge >= 0.3 is 0 Å². The Bertz CT molecular complexity index is 438. The highest BCUT2D eigenvalue weighted by atomic mass is 32.2. The number of nitrogens with zero attached hydrogens (tertiary/aromatic N) is 2. The predicted molar refractivity (Wildman–Crippen MR) is 81.4 cm³/mol. The lowest BCUT2D eigenvalue weighted by atomic mass is 9.75. The van der Waals surface area contributed by atoms with Gasteiger partial charge in [0.2, 0.25) is 5.91 Å². The molecule has 0 aromatic carbocycles. The third kappa shape index (κ3) is 3.53. The van der Waals surface area contributed by atoms with E-state index in [0.29, 0.717) is 11.5 Å². The van der Waals surface area contributed by atoms with Crippen molar-refractivity contribution < 1.29 is 9.59 Å². The van der Waals surface area contributed by atoms with Gasteiger partial charge in [-0.1, -0.05) is 25.6 Å². The number of thioether (sulfide) groups is 1. The number of rotatable bonds is 3. The number of amides is 2. The topological polar surface area (TPSA) is 75.8 Å². The lowest BCUT2D eigenvalue weighted by molar-refractivity contribution is -0.134. The van der Waals surface area contributed by atoms with E-state index in [4.69, 9.17) is 5.73 Å². The first kappa shape index (κ1) is 15.4. The van der Waals surface area contributed by atoms with Crippen LogP contribution in [0.4, 0.5) is 0 Å². The highest BCUT2D eigenvalue weighted by molar-refractivity contribution is 8.15. The Kier molecular flexibility index (Phi) is 4.42. The summed E-state index contributed by atoms with van der Waals surface area (Å²) in [5.74, 6) is -0.260. The monoisotopic (exact) mass is 297 g/mol. The quantitative estimate of drug-likeness (QED) is 0.861. The Morgan fingerprint density at radius 1 is 1.45 bits per heavy atom. The predicted octanol–water partition coefficient (Wildman–Crippen LogP) is 1.76. The van der Waals surface area contributed by atoms with Crippen LogP contribution in [0, 0.1) is 5.41 Å². The van der Waals surface area contributed by atoms with Crippen LogP contribution in [0.15, 0.2) is 4.99 Å². The normalized spacial score (nSPS) is 26.4. The van der Waals surface area contributed by atoms with Crippen molar-refractivity contribution >= 4 is 28.7 Å². The van der Waals surface area contributed by atoms with E-state index in [1.54, 1.807) is 0 Å². The van der Waals surface area contributed by atoms with Gasteiger partial charge in [-0.2, -0.15) is 4.99 Å². The van der Waals surface area contributed by atoms with Gasteiger partial charge in [0.25, 0.3) is 5.91 Å². The van der Waals surface area contributed by atoms with Crippen molar-refractivity contribution in [1.82, 2.24) is 4.90 Å². The van der Waals surface area contributed by atoms with Crippen LogP contribution in [-0.4, -0.2) is 40.2 Å². The van der Waals surface area contributed by atoms with Crippen molar-refractivity contribution in [2.45, 2.75) is 57.2 Å². The number of hydrogen-bond acceptors (Lipinski definition) is 4. The molecule has 0 saturated heterocycles. The van der Waals surface area contributed by atoms with Gasteiger partial charge in [-0.15, -0.1) is 0 Å². The largest absolute Gasteiger partial charge is 0.378 e. The maximum atomic E-state index is 12.3. The molecule has 0 spiro atoms. The molecule has 1 aliphatic heterocycles. The summed E-state index contributed by atoms with van der Waals surface area (Å²) in [7, 11) is 1.85. The minimum atomic E-state index is -0.426. The molecular weight excluding hydrogens is 274 g/mol. The van der Waals surface area contributed by atoms with E-state index in [0.717, 1.165) is 25.7 Å². The maximum absolute atomic E-state index is 12.3. The molecule has 2 N–H and O–H groups in total. The Morgan fingerprint density at radius 3 is 2.55 bits per heavy atom. The molecule has 0 radical (unpaired) electrons. The highest BCUT2D eigenvalue weighted by Crippen LogP contribution is 2.37. The number of hydrogen-bond donors (Lipinski definition) is 1. The number of carbonyl (C=O) groups excluding carboxylic acids is 2. The second kappa shape index (κ2) is 5.76. The second-order valence-electron chi connectivity index (χ2n) is 6.50. The molecule has 1 atom stereocenters. The summed E-state index contributed by atoms with van der Waals surface area (Å²) in [6.45, 7) is 4.55. The summed E-state index contributed by atoms with van der Waals surface area (Å²) in [5.41, 5.74) is 5.90. The molecule has 1 heterocycles. The van der Waals surface area contributed by atoms with E-state index in [1.807, 2.05) is 11.9 Å². The first-order valence-electron chi connectivity index (χ1n) is 7.09. The molecule has 0 unspecified atom stereocenters. The molecule has 112 valence electrons. The zero-order valence-electron chi connectivity index (χ0n) is 12.4. The van der Waals surface area contributed by atoms with Crippen LogP contribution in [0.25, 0.3) is 0 Å². The van der Waals surface area contributed by atoms with E-state index in [2.05, 4.69) is 18.8 Å². The van der Waals surface area contributed by atoms with Crippen molar-refractivity contribution in [3.05, 3.63) is 0 Å². The molecule has 5 nitrogen and oxygen atoms in total. The molecule has 1 saturated carbocycles. The molecule has 6 heteroatoms. The molecule has 2 rings (SSSR count). The summed E-state index contributed by atoms with van der Waals surface area (Å²) < 4.78 is 0. The molecule has 0 bridgehead atoms. The fourth-order valence-corrected chi connectivity index (χ4v) is 3.62. The third-order valence-corrected chi connectivity index (χ3v) is 5.35. The Labute approximate surface area is 124 Å². The number of carbonyl (C=O) groups is 2. The van der Waals surface area contributed by atoms with Crippen LogP contribution < -0.4 is 5.73 Å². The molecule has 20 heavy (non-hydrogen) atoms. The lowest BCUT2D eigenvalue weighted by Gasteiger charge is -2.38. The first-order chi connectivity index (χ1) is 9.28. The Balaban J connectivity index is 1.85. The molecular formula is C14H23N3O2S. The number of nitrogens with two attached hydrogens (primary N) is 1. The van der Waals surface area contributed by atoms with Gasteiger partial charge in [0.15, 0.2) is 5.17 Å². The molecule has 0 aromatic rings. The van der Waals surface area contributed by atoms with Gasteiger partial charge in [-0.25, -0.2) is 0 Å². The minimum absolute atomic E-state index is 0.0189. The van der Waals surface area contributed by atoms with Crippen molar-refractivity contribution in [1.29, 1.82) is 0 Å². The molecule has 1 fully saturated rings. The van der Waals surface area contributed by atoms with Crippen molar-refractivity contribution in [3.8, 4) is 0 Å². The second-order valence-corrected chi connectivity index (χ2v) is 7.72. The van der Waals surface area contributed by atoms with Gasteiger partial charge in [0.1, 0.15) is 5.25 Å². The minimum Gasteiger partial charge on any atom is -0.378 e. The average molecular weight is 297 g/mol. The summed E-state index contributed by atoms with van der Waals surface area (Å²) in [6, 6.07) is 0.301. The highest BCUT2D eigenvalue weighted by Gasteiger charge is 2.34. The van der Waals surface area contributed by atoms with Gasteiger partial charge < -0.3 is 10.6 Å². The summed E-state index contributed by atoms with van der Waals surface area (Å²) in [4.78, 5) is 29.3. The van der Waals surface area contributed by atoms with Gasteiger partial charge in [-0.05, 0) is 31.1 Å². The summed E-state index contributed by atoms with van der Waals surface area (Å²) in [6.07, 6.45) is 4.56. The van der Waals surface area contributed by atoms with E-state index in [1.165, 1.54) is 11.8 Å². The molecule has 0 aromatic heterocycles. The van der Waals surface area contributed by atoms with Crippen LogP contribution in [0.1, 0.15) is 46.0 Å². The summed E-state index contributed by atoms with van der Waals surface area (Å²) in [5, 5.41) is -0.153. The molecule has 2 aliphatic rings. The fraction of sp³-hybridized carbons (Fsp3) is 0.786. The lowest BCUT2D eigenvalue weighted by Crippen LogP contribution is -2.42. The van der Waals surface area contributed by atoms with E-state index < -0.39 is 5.25 Å². The molecule has 2 amide bonds. The van der Waals surface area contributed by atoms with Gasteiger partial charge in [0, 0.05) is 19.5 Å². The fourth-order valence-electron chi connectivity index (χ4n) is 2.81. The standard InChI is InChI=1S/C14H23N3O2S/c1-14(2)6-4-9(5-7-14)17(3)11(18)8-10-12(19)16-13(15)20-10/h9-10H,4-8H2,1-3H3,(H2,15,16,19)/t10-/m0/s1. The van der Waals surface area contributed by atoms with Crippen LogP contribution in [-0.2, 0) is 9.59 Å². The SMILES string of the molecule is CN(C(=O)C[C@@H]1SC(N)=NC1=O)C1CCC(C)(C)CC1. The zero-order chi connectivity index (χ0) is 14.9. The van der Waals surface area contributed by atoms with Gasteiger partial charge in [0.05, 0.1) is 0 Å². The van der Waals surface area contributed by atoms with E-state index in [-0.39, 0.29) is 23.4 Å². The average Bonchev–Trinajstić information content (AvgIpc) is 2.67. The van der Waals surface area contributed by atoms with Crippen LogP contribution >= 0.6 is 11.8 Å². The zero-order valence-corrected chi connectivity index (χ0v) is 13.2. The van der Waals surface area contributed by atoms with Crippen LogP contribution in [0.2, 0.25) is 0 Å². The van der Waals surface area contributed by atoms with Crippen molar-refractivity contribution in [2.24, 2.45) is 16.1 Å². The Morgan fingerprint density at radius 2 is 2.05 bits per heavy atom. The number of aliphatic imine (C=N–C) groups is 1. The third-order valence-electron chi connectivity index (χ3n) is 4.37. The van der Waals surface area contributed by atoms with E-state index in [9.17, 15) is 9.59 Å². The smallest absolute Gasteiger partial charge is 0.262 e. The van der Waals surface area contributed by atoms with Crippen LogP contribution in [0.5, 0.6) is 0 Å². The number of amidine groups is 1. The maximum Gasteiger partial charge on any atom is 0.262 e. The molecule has 1 aliphatic carbocycles. The van der Waals surface area contributed by atoms with Crippen molar-refractivity contribution in [3.63, 3.8) is 0 Å². The summed E-state index contributed by atoms with van der Waals surface area (Å²) >= 11 is 1.20. The van der Waals surface area contributed by atoms with Gasteiger partial charge in [-0.3, -0.25) is 9.59 Å². The van der Waals surface area contributed by atoms with E-state index >= 15 is 0 Å². The van der Waals surface area contributed by atoms with Crippen LogP contribution in [0.3, 0.4) is 0 Å². The Hall–Kier alpha value is -1.04. The van der Waals surface area contributed by atoms with Crippen molar-refractivity contribution in [2.75, 3.05) is 7.05 Å².